The van der Waals surface area contributed by atoms with Crippen molar-refractivity contribution in [3.63, 3.8) is 0 Å². The Bertz CT molecular complexity index is 98.6. The van der Waals surface area contributed by atoms with E-state index in [-0.39, 0.29) is 12.5 Å². The molecular formula is C5H9NO2. The first-order valence-electron chi connectivity index (χ1n) is 2.74. The largest absolute Gasteiger partial charge is 0.481 e. The number of carbonyl (C=O) groups is 1. The first kappa shape index (κ1) is 5.56. The Morgan fingerprint density at radius 3 is 2.62 bits per heavy atom. The van der Waals surface area contributed by atoms with E-state index in [1.54, 1.807) is 0 Å². The van der Waals surface area contributed by atoms with E-state index < -0.39 is 5.97 Å². The van der Waals surface area contributed by atoms with Crippen LogP contribution in [-0.2, 0) is 4.79 Å². The summed E-state index contributed by atoms with van der Waals surface area (Å²) in [5.41, 5.74) is 0. The van der Waals surface area contributed by atoms with Crippen molar-refractivity contribution < 1.29 is 9.90 Å². The first-order valence-corrected chi connectivity index (χ1v) is 2.74. The summed E-state index contributed by atoms with van der Waals surface area (Å²) >= 11 is 0. The molecule has 1 rings (SSSR count). The van der Waals surface area contributed by atoms with E-state index in [1.807, 2.05) is 0 Å². The summed E-state index contributed by atoms with van der Waals surface area (Å²) in [6.07, 6.45) is 1.30. The molecule has 0 aromatic heterocycles. The van der Waals surface area contributed by atoms with Gasteiger partial charge < -0.3 is 10.4 Å². The van der Waals surface area contributed by atoms with Crippen molar-refractivity contribution in [3.05, 3.63) is 0 Å². The third kappa shape index (κ3) is 1.20. The number of hydrogen-bond acceptors (Lipinski definition) is 2. The molecule has 1 atom stereocenters. The Balaban J connectivity index is 2.09. The molecule has 3 nitrogen and oxygen atoms in total. The summed E-state index contributed by atoms with van der Waals surface area (Å²) in [6.45, 7) is 0.984. The second-order valence-electron chi connectivity index (χ2n) is 2.04. The number of hydrogen-bond donors (Lipinski definition) is 2. The van der Waals surface area contributed by atoms with Crippen LogP contribution in [0.5, 0.6) is 0 Å². The maximum absolute atomic E-state index is 9.96. The molecule has 1 aliphatic rings. The molecule has 1 saturated heterocycles. The van der Waals surface area contributed by atoms with E-state index in [1.165, 1.54) is 0 Å². The maximum Gasteiger partial charge on any atom is 0.304 e. The summed E-state index contributed by atoms with van der Waals surface area (Å²) in [4.78, 5) is 9.96. The summed E-state index contributed by atoms with van der Waals surface area (Å²) < 4.78 is 0. The van der Waals surface area contributed by atoms with E-state index in [2.05, 4.69) is 5.32 Å². The highest BCUT2D eigenvalue weighted by molar-refractivity contribution is 5.67. The summed E-state index contributed by atoms with van der Waals surface area (Å²) in [5.74, 6) is -0.706. The Labute approximate surface area is 47.7 Å². The van der Waals surface area contributed by atoms with Gasteiger partial charge in [-0.25, -0.2) is 0 Å². The lowest BCUT2D eigenvalue weighted by atomic mass is 10.0. The molecule has 46 valence electrons. The van der Waals surface area contributed by atoms with E-state index in [0.29, 0.717) is 0 Å². The predicted molar refractivity (Wildman–Crippen MR) is 28.7 cm³/mol. The van der Waals surface area contributed by atoms with Crippen LogP contribution in [0.25, 0.3) is 0 Å². The number of carboxylic acids is 1. The quantitative estimate of drug-likeness (QED) is 0.525. The van der Waals surface area contributed by atoms with Crippen LogP contribution in [-0.4, -0.2) is 23.7 Å². The molecule has 0 unspecified atom stereocenters. The lowest BCUT2D eigenvalue weighted by Gasteiger charge is -2.25. The van der Waals surface area contributed by atoms with Crippen LogP contribution < -0.4 is 5.32 Å². The van der Waals surface area contributed by atoms with Crippen LogP contribution in [0.1, 0.15) is 12.8 Å². The van der Waals surface area contributed by atoms with Gasteiger partial charge in [0.25, 0.3) is 0 Å². The minimum absolute atomic E-state index is 0.257. The molecule has 3 heteroatoms. The predicted octanol–water partition coefficient (Wildman–Crippen LogP) is -0.177. The molecular weight excluding hydrogens is 106 g/mol. The molecule has 1 aliphatic heterocycles. The van der Waals surface area contributed by atoms with Gasteiger partial charge in [0, 0.05) is 6.04 Å². The van der Waals surface area contributed by atoms with E-state index in [0.717, 1.165) is 13.0 Å². The van der Waals surface area contributed by atoms with Gasteiger partial charge in [-0.15, -0.1) is 0 Å². The molecule has 0 aromatic rings. The molecule has 0 amide bonds. The molecule has 0 aromatic carbocycles. The topological polar surface area (TPSA) is 49.3 Å². The van der Waals surface area contributed by atoms with Crippen LogP contribution in [0.3, 0.4) is 0 Å². The zero-order chi connectivity index (χ0) is 5.98. The summed E-state index contributed by atoms with van der Waals surface area (Å²) in [5, 5.41) is 11.2. The van der Waals surface area contributed by atoms with Gasteiger partial charge in [-0.2, -0.15) is 0 Å². The third-order valence-electron chi connectivity index (χ3n) is 1.35. The van der Waals surface area contributed by atoms with Gasteiger partial charge in [-0.05, 0) is 13.0 Å². The van der Waals surface area contributed by atoms with Crippen LogP contribution in [0.4, 0.5) is 0 Å². The highest BCUT2D eigenvalue weighted by Gasteiger charge is 2.18. The van der Waals surface area contributed by atoms with Crippen LogP contribution in [0.15, 0.2) is 0 Å². The van der Waals surface area contributed by atoms with Crippen LogP contribution in [0, 0.1) is 0 Å². The van der Waals surface area contributed by atoms with Crippen molar-refractivity contribution in [1.29, 1.82) is 0 Å². The fourth-order valence-corrected chi connectivity index (χ4v) is 0.733. The van der Waals surface area contributed by atoms with E-state index in [9.17, 15) is 4.79 Å². The smallest absolute Gasteiger partial charge is 0.304 e. The summed E-state index contributed by atoms with van der Waals surface area (Å²) in [6, 6.07) is 0.257. The highest BCUT2D eigenvalue weighted by atomic mass is 16.4. The number of carboxylic acid groups (broad SMARTS) is 1. The zero-order valence-electron chi connectivity index (χ0n) is 4.55. The monoisotopic (exact) mass is 115 g/mol. The zero-order valence-corrected chi connectivity index (χ0v) is 4.55. The minimum Gasteiger partial charge on any atom is -0.481 e. The van der Waals surface area contributed by atoms with Crippen molar-refractivity contribution in [2.45, 2.75) is 18.9 Å². The molecule has 0 radical (unpaired) electrons. The Morgan fingerprint density at radius 1 is 1.88 bits per heavy atom. The highest BCUT2D eigenvalue weighted by Crippen LogP contribution is 2.05. The SMILES string of the molecule is O=C(O)C[C@H]1CCN1. The number of aliphatic carboxylic acids is 1. The molecule has 0 aliphatic carbocycles. The minimum atomic E-state index is -0.706. The average Bonchev–Trinajstić information content (AvgIpc) is 1.55. The van der Waals surface area contributed by atoms with Gasteiger partial charge in [-0.3, -0.25) is 4.79 Å². The lowest BCUT2D eigenvalue weighted by molar-refractivity contribution is -0.138. The Kier molecular flexibility index (Phi) is 1.48. The van der Waals surface area contributed by atoms with Crippen molar-refractivity contribution >= 4 is 5.97 Å². The van der Waals surface area contributed by atoms with Crippen molar-refractivity contribution in [2.75, 3.05) is 6.54 Å². The van der Waals surface area contributed by atoms with Gasteiger partial charge in [0.15, 0.2) is 0 Å². The van der Waals surface area contributed by atoms with Crippen molar-refractivity contribution in [3.8, 4) is 0 Å². The molecule has 0 bridgehead atoms. The number of rotatable bonds is 2. The fraction of sp³-hybridized carbons (Fsp3) is 0.800. The van der Waals surface area contributed by atoms with Gasteiger partial charge in [0.05, 0.1) is 6.42 Å². The van der Waals surface area contributed by atoms with Gasteiger partial charge in [0.2, 0.25) is 0 Å². The molecule has 0 spiro atoms. The van der Waals surface area contributed by atoms with Crippen LogP contribution in [0.2, 0.25) is 0 Å². The standard InChI is InChI=1S/C5H9NO2/c7-5(8)3-4-1-2-6-4/h4,6H,1-3H2,(H,7,8)/t4-/m1/s1. The fourth-order valence-electron chi connectivity index (χ4n) is 0.733. The average molecular weight is 115 g/mol. The molecule has 2 N–H and O–H groups in total. The van der Waals surface area contributed by atoms with Crippen LogP contribution >= 0.6 is 0 Å². The first-order chi connectivity index (χ1) is 3.79. The molecule has 1 heterocycles. The number of nitrogens with one attached hydrogen (secondary N) is 1. The van der Waals surface area contributed by atoms with Crippen molar-refractivity contribution in [1.82, 2.24) is 5.32 Å². The Hall–Kier alpha value is -0.570. The van der Waals surface area contributed by atoms with Gasteiger partial charge >= 0.3 is 5.97 Å². The van der Waals surface area contributed by atoms with E-state index in [4.69, 9.17) is 5.11 Å². The van der Waals surface area contributed by atoms with Gasteiger partial charge in [-0.1, -0.05) is 0 Å². The third-order valence-corrected chi connectivity index (χ3v) is 1.35. The maximum atomic E-state index is 9.96. The second kappa shape index (κ2) is 2.13. The second-order valence-corrected chi connectivity index (χ2v) is 2.04. The molecule has 8 heavy (non-hydrogen) atoms. The molecule has 1 fully saturated rings. The molecule has 0 saturated carbocycles. The Morgan fingerprint density at radius 2 is 2.50 bits per heavy atom. The van der Waals surface area contributed by atoms with E-state index >= 15 is 0 Å². The van der Waals surface area contributed by atoms with Gasteiger partial charge in [0.1, 0.15) is 0 Å². The van der Waals surface area contributed by atoms with Crippen molar-refractivity contribution in [2.24, 2.45) is 0 Å². The lowest BCUT2D eigenvalue weighted by Crippen LogP contribution is -2.43. The summed E-state index contributed by atoms with van der Waals surface area (Å²) in [7, 11) is 0. The normalized spacial score (nSPS) is 26.8.